The third-order valence-corrected chi connectivity index (χ3v) is 3.13. The minimum Gasteiger partial charge on any atom is -0.508 e. The summed E-state index contributed by atoms with van der Waals surface area (Å²) in [6, 6.07) is 9.68. The van der Waals surface area contributed by atoms with Crippen LogP contribution in [0, 0.1) is 0 Å². The molecular weight excluding hydrogens is 278 g/mol. The average molecular weight is 292 g/mol. The zero-order valence-corrected chi connectivity index (χ0v) is 11.3. The van der Waals surface area contributed by atoms with Gasteiger partial charge in [-0.2, -0.15) is 0 Å². The van der Waals surface area contributed by atoms with Gasteiger partial charge in [0, 0.05) is 23.5 Å². The molecule has 0 aliphatic carbocycles. The number of phenolic OH excluding ortho intramolecular Hbond substituents is 1. The van der Waals surface area contributed by atoms with E-state index < -0.39 is 5.91 Å². The van der Waals surface area contributed by atoms with Crippen molar-refractivity contribution in [3.8, 4) is 5.75 Å². The second-order valence-corrected chi connectivity index (χ2v) is 4.71. The van der Waals surface area contributed by atoms with Crippen LogP contribution in [0.3, 0.4) is 0 Å². The number of aromatic hydroxyl groups is 1. The van der Waals surface area contributed by atoms with E-state index in [2.05, 4.69) is 5.32 Å². The molecule has 0 saturated carbocycles. The maximum Gasteiger partial charge on any atom is 0.250 e. The van der Waals surface area contributed by atoms with Crippen LogP contribution in [0.4, 0.5) is 11.4 Å². The maximum absolute atomic E-state index is 11.1. The molecule has 2 aromatic carbocycles. The second-order valence-electron chi connectivity index (χ2n) is 4.30. The fourth-order valence-corrected chi connectivity index (χ4v) is 2.04. The average Bonchev–Trinajstić information content (AvgIpc) is 2.39. The van der Waals surface area contributed by atoms with E-state index in [-0.39, 0.29) is 16.3 Å². The van der Waals surface area contributed by atoms with Gasteiger partial charge in [0.1, 0.15) is 5.75 Å². The minimum atomic E-state index is -0.574. The van der Waals surface area contributed by atoms with Gasteiger partial charge < -0.3 is 21.9 Å². The topological polar surface area (TPSA) is 101 Å². The van der Waals surface area contributed by atoms with Crippen molar-refractivity contribution >= 4 is 28.9 Å². The Morgan fingerprint density at radius 3 is 2.65 bits per heavy atom. The summed E-state index contributed by atoms with van der Waals surface area (Å²) in [5.41, 5.74) is 13.1. The Morgan fingerprint density at radius 2 is 2.00 bits per heavy atom. The van der Waals surface area contributed by atoms with E-state index in [1.807, 2.05) is 0 Å². The molecule has 0 atom stereocenters. The van der Waals surface area contributed by atoms with Crippen LogP contribution in [0.1, 0.15) is 15.9 Å². The first-order valence-electron chi connectivity index (χ1n) is 5.88. The molecule has 5 nitrogen and oxygen atoms in total. The van der Waals surface area contributed by atoms with Crippen LogP contribution in [0.5, 0.6) is 5.75 Å². The molecule has 0 saturated heterocycles. The van der Waals surface area contributed by atoms with E-state index in [0.29, 0.717) is 23.5 Å². The molecule has 20 heavy (non-hydrogen) atoms. The molecule has 0 aliphatic rings. The SMILES string of the molecule is NC(=O)c1ccc(NCc2cc(N)ccc2O)cc1Cl. The molecule has 1 amide bonds. The number of benzene rings is 2. The van der Waals surface area contributed by atoms with Crippen molar-refractivity contribution in [1.29, 1.82) is 0 Å². The predicted octanol–water partition coefficient (Wildman–Crippen LogP) is 2.34. The lowest BCUT2D eigenvalue weighted by Gasteiger charge is -2.10. The number of hydrogen-bond acceptors (Lipinski definition) is 4. The standard InChI is InChI=1S/C14H14ClN3O2/c15-12-6-10(2-3-11(12)14(17)20)18-7-8-5-9(16)1-4-13(8)19/h1-6,18-19H,7,16H2,(H2,17,20). The first-order chi connectivity index (χ1) is 9.47. The van der Waals surface area contributed by atoms with E-state index in [1.165, 1.54) is 6.07 Å². The fourth-order valence-electron chi connectivity index (χ4n) is 1.77. The number of carbonyl (C=O) groups excluding carboxylic acids is 1. The van der Waals surface area contributed by atoms with Crippen LogP contribution in [0.15, 0.2) is 36.4 Å². The van der Waals surface area contributed by atoms with Crippen LogP contribution in [-0.2, 0) is 6.54 Å². The Bertz CT molecular complexity index is 659. The van der Waals surface area contributed by atoms with E-state index in [1.54, 1.807) is 30.3 Å². The van der Waals surface area contributed by atoms with Gasteiger partial charge in [0.2, 0.25) is 5.91 Å². The van der Waals surface area contributed by atoms with Crippen LogP contribution < -0.4 is 16.8 Å². The molecule has 0 aliphatic heterocycles. The Balaban J connectivity index is 2.13. The van der Waals surface area contributed by atoms with Gasteiger partial charge in [-0.3, -0.25) is 4.79 Å². The Morgan fingerprint density at radius 1 is 1.25 bits per heavy atom. The minimum absolute atomic E-state index is 0.159. The molecule has 6 heteroatoms. The molecule has 6 N–H and O–H groups in total. The molecule has 0 unspecified atom stereocenters. The highest BCUT2D eigenvalue weighted by Crippen LogP contribution is 2.23. The van der Waals surface area contributed by atoms with E-state index in [9.17, 15) is 9.90 Å². The summed E-state index contributed by atoms with van der Waals surface area (Å²) in [5, 5.41) is 13.1. The van der Waals surface area contributed by atoms with Crippen molar-refractivity contribution in [1.82, 2.24) is 0 Å². The highest BCUT2D eigenvalue weighted by molar-refractivity contribution is 6.34. The number of nitrogens with two attached hydrogens (primary N) is 2. The predicted molar refractivity (Wildman–Crippen MR) is 79.8 cm³/mol. The van der Waals surface area contributed by atoms with Gasteiger partial charge in [0.15, 0.2) is 0 Å². The summed E-state index contributed by atoms with van der Waals surface area (Å²) in [6.45, 7) is 0.378. The largest absolute Gasteiger partial charge is 0.508 e. The van der Waals surface area contributed by atoms with Gasteiger partial charge in [0.05, 0.1) is 10.6 Å². The number of phenols is 1. The number of halogens is 1. The molecule has 0 fully saturated rings. The van der Waals surface area contributed by atoms with Crippen molar-refractivity contribution in [3.05, 3.63) is 52.5 Å². The number of hydrogen-bond donors (Lipinski definition) is 4. The van der Waals surface area contributed by atoms with Crippen LogP contribution in [0.25, 0.3) is 0 Å². The summed E-state index contributed by atoms with van der Waals surface area (Å²) in [5.74, 6) is -0.415. The number of carbonyl (C=O) groups is 1. The summed E-state index contributed by atoms with van der Waals surface area (Å²) in [6.07, 6.45) is 0. The van der Waals surface area contributed by atoms with Gasteiger partial charge >= 0.3 is 0 Å². The first-order valence-corrected chi connectivity index (χ1v) is 6.26. The van der Waals surface area contributed by atoms with Gasteiger partial charge in [-0.25, -0.2) is 0 Å². The number of amides is 1. The third-order valence-electron chi connectivity index (χ3n) is 2.82. The second kappa shape index (κ2) is 5.71. The van der Waals surface area contributed by atoms with Gasteiger partial charge in [0.25, 0.3) is 0 Å². The van der Waals surface area contributed by atoms with Gasteiger partial charge in [-0.15, -0.1) is 0 Å². The summed E-state index contributed by atoms with van der Waals surface area (Å²) in [7, 11) is 0. The normalized spacial score (nSPS) is 10.2. The fraction of sp³-hybridized carbons (Fsp3) is 0.0714. The number of nitrogen functional groups attached to an aromatic ring is 1. The summed E-state index contributed by atoms with van der Waals surface area (Å²) in [4.78, 5) is 11.1. The number of primary amides is 1. The van der Waals surface area contributed by atoms with Crippen LogP contribution in [0.2, 0.25) is 5.02 Å². The molecular formula is C14H14ClN3O2. The van der Waals surface area contributed by atoms with Crippen molar-refractivity contribution in [3.63, 3.8) is 0 Å². The molecule has 2 rings (SSSR count). The lowest BCUT2D eigenvalue weighted by molar-refractivity contribution is 0.100. The number of nitrogens with one attached hydrogen (secondary N) is 1. The quantitative estimate of drug-likeness (QED) is 0.513. The van der Waals surface area contributed by atoms with Gasteiger partial charge in [-0.1, -0.05) is 11.6 Å². The zero-order valence-electron chi connectivity index (χ0n) is 10.6. The molecule has 0 radical (unpaired) electrons. The monoisotopic (exact) mass is 291 g/mol. The highest BCUT2D eigenvalue weighted by Gasteiger charge is 2.07. The van der Waals surface area contributed by atoms with Crippen molar-refractivity contribution < 1.29 is 9.90 Å². The molecule has 104 valence electrons. The molecule has 0 spiro atoms. The number of rotatable bonds is 4. The molecule has 0 aromatic heterocycles. The lowest BCUT2D eigenvalue weighted by atomic mass is 10.1. The summed E-state index contributed by atoms with van der Waals surface area (Å²) >= 11 is 5.95. The Kier molecular flexibility index (Phi) is 4.00. The van der Waals surface area contributed by atoms with E-state index in [4.69, 9.17) is 23.1 Å². The highest BCUT2D eigenvalue weighted by atomic mass is 35.5. The Hall–Kier alpha value is -2.40. The molecule has 2 aromatic rings. The molecule has 0 bridgehead atoms. The summed E-state index contributed by atoms with van der Waals surface area (Å²) < 4.78 is 0. The smallest absolute Gasteiger partial charge is 0.250 e. The van der Waals surface area contributed by atoms with Gasteiger partial charge in [-0.05, 0) is 36.4 Å². The maximum atomic E-state index is 11.1. The first kappa shape index (κ1) is 14.0. The van der Waals surface area contributed by atoms with Crippen molar-refractivity contribution in [2.24, 2.45) is 5.73 Å². The third kappa shape index (κ3) is 3.13. The van der Waals surface area contributed by atoms with E-state index >= 15 is 0 Å². The zero-order chi connectivity index (χ0) is 14.7. The lowest BCUT2D eigenvalue weighted by Crippen LogP contribution is -2.11. The van der Waals surface area contributed by atoms with E-state index in [0.717, 1.165) is 0 Å². The van der Waals surface area contributed by atoms with Crippen molar-refractivity contribution in [2.75, 3.05) is 11.1 Å². The number of anilines is 2. The van der Waals surface area contributed by atoms with Crippen LogP contribution >= 0.6 is 11.6 Å². The van der Waals surface area contributed by atoms with Crippen LogP contribution in [-0.4, -0.2) is 11.0 Å². The molecule has 0 heterocycles. The van der Waals surface area contributed by atoms with Crippen molar-refractivity contribution in [2.45, 2.75) is 6.54 Å². The Labute approximate surface area is 121 Å².